The minimum absolute atomic E-state index is 0.107. The SMILES string of the molecule is CC1CCc2cc(-c3ccc(C[C@@H](C#N)NC(=O)[C@@H]4CNC[C@](O)(CO)CO4)cc3)ccc2OC(=O)C1. The summed E-state index contributed by atoms with van der Waals surface area (Å²) in [6, 6.07) is 15.0. The Labute approximate surface area is 216 Å². The fraction of sp³-hybridized carbons (Fsp3) is 0.464. The van der Waals surface area contributed by atoms with Crippen molar-refractivity contribution in [3.05, 3.63) is 53.6 Å². The Kier molecular flexibility index (Phi) is 8.56. The molecule has 1 unspecified atom stereocenters. The highest BCUT2D eigenvalue weighted by molar-refractivity contribution is 5.81. The number of rotatable bonds is 6. The minimum Gasteiger partial charge on any atom is -0.426 e. The van der Waals surface area contributed by atoms with Gasteiger partial charge in [0.25, 0.3) is 5.91 Å². The predicted molar refractivity (Wildman–Crippen MR) is 136 cm³/mol. The average molecular weight is 508 g/mol. The Balaban J connectivity index is 1.38. The number of aryl methyl sites for hydroxylation is 1. The largest absolute Gasteiger partial charge is 0.426 e. The summed E-state index contributed by atoms with van der Waals surface area (Å²) in [5, 5.41) is 34.7. The number of hydrogen-bond donors (Lipinski definition) is 4. The van der Waals surface area contributed by atoms with Crippen molar-refractivity contribution in [3.8, 4) is 22.9 Å². The van der Waals surface area contributed by atoms with E-state index in [1.807, 2.05) is 36.4 Å². The molecular formula is C28H33N3O6. The number of esters is 1. The van der Waals surface area contributed by atoms with E-state index in [1.165, 1.54) is 0 Å². The normalized spacial score (nSPS) is 24.9. The van der Waals surface area contributed by atoms with Gasteiger partial charge in [0.2, 0.25) is 0 Å². The predicted octanol–water partition coefficient (Wildman–Crippen LogP) is 1.49. The third kappa shape index (κ3) is 6.93. The molecule has 4 rings (SSSR count). The number of carbonyl (C=O) groups is 2. The number of aliphatic hydroxyl groups excluding tert-OH is 1. The number of benzene rings is 2. The fourth-order valence-corrected chi connectivity index (χ4v) is 4.54. The summed E-state index contributed by atoms with van der Waals surface area (Å²) in [4.78, 5) is 24.7. The quantitative estimate of drug-likeness (QED) is 0.341. The molecule has 0 saturated carbocycles. The van der Waals surface area contributed by atoms with Crippen LogP contribution >= 0.6 is 0 Å². The first-order valence-corrected chi connectivity index (χ1v) is 12.6. The lowest BCUT2D eigenvalue weighted by molar-refractivity contribution is -0.137. The molecule has 4 N–H and O–H groups in total. The topological polar surface area (TPSA) is 141 Å². The molecule has 2 aromatic carbocycles. The van der Waals surface area contributed by atoms with Crippen molar-refractivity contribution < 1.29 is 29.3 Å². The van der Waals surface area contributed by atoms with Gasteiger partial charge in [0.05, 0.1) is 19.3 Å². The first-order chi connectivity index (χ1) is 17.8. The zero-order valence-electron chi connectivity index (χ0n) is 20.9. The molecular weight excluding hydrogens is 474 g/mol. The Morgan fingerprint density at radius 2 is 2.03 bits per heavy atom. The van der Waals surface area contributed by atoms with Gasteiger partial charge in [-0.05, 0) is 53.1 Å². The lowest BCUT2D eigenvalue weighted by atomic mass is 9.93. The van der Waals surface area contributed by atoms with Gasteiger partial charge in [-0.25, -0.2) is 0 Å². The molecule has 2 aromatic rings. The van der Waals surface area contributed by atoms with Crippen molar-refractivity contribution >= 4 is 11.9 Å². The lowest BCUT2D eigenvalue weighted by Gasteiger charge is -2.23. The molecule has 9 heteroatoms. The van der Waals surface area contributed by atoms with Gasteiger partial charge in [-0.1, -0.05) is 37.3 Å². The number of ether oxygens (including phenoxy) is 2. The van der Waals surface area contributed by atoms with Crippen LogP contribution in [0.1, 0.15) is 30.9 Å². The molecule has 0 bridgehead atoms. The standard InChI is InChI=1S/C28H33N3O6/c1-18-2-5-22-12-21(8-9-24(22)37-26(33)10-18)20-6-3-19(4-7-20)11-23(13-29)31-27(34)25-14-30-15-28(35,16-32)17-36-25/h3-4,6-9,12,18,23,25,30,32,35H,2,5,10-11,14-17H2,1H3,(H,31,34)/t18?,23-,25-,28-/m0/s1. The van der Waals surface area contributed by atoms with E-state index < -0.39 is 30.3 Å². The van der Waals surface area contributed by atoms with E-state index in [0.717, 1.165) is 35.1 Å². The van der Waals surface area contributed by atoms with E-state index in [2.05, 4.69) is 29.7 Å². The second-order valence-corrected chi connectivity index (χ2v) is 10.0. The highest BCUT2D eigenvalue weighted by Gasteiger charge is 2.33. The number of nitrogens with zero attached hydrogens (tertiary/aromatic N) is 1. The number of aliphatic hydroxyl groups is 2. The van der Waals surface area contributed by atoms with E-state index in [9.17, 15) is 25.1 Å². The molecule has 9 nitrogen and oxygen atoms in total. The second kappa shape index (κ2) is 11.8. The van der Waals surface area contributed by atoms with Gasteiger partial charge in [-0.3, -0.25) is 9.59 Å². The fourth-order valence-electron chi connectivity index (χ4n) is 4.54. The molecule has 1 amide bonds. The van der Waals surface area contributed by atoms with Crippen molar-refractivity contribution in [1.29, 1.82) is 5.26 Å². The Bertz CT molecular complexity index is 1160. The molecule has 1 fully saturated rings. The van der Waals surface area contributed by atoms with Gasteiger partial charge < -0.3 is 30.3 Å². The molecule has 0 spiro atoms. The first kappa shape index (κ1) is 26.8. The van der Waals surface area contributed by atoms with Crippen LogP contribution in [-0.4, -0.2) is 66.1 Å². The summed E-state index contributed by atoms with van der Waals surface area (Å²) in [6.45, 7) is 1.67. The van der Waals surface area contributed by atoms with Crippen LogP contribution in [0.15, 0.2) is 42.5 Å². The van der Waals surface area contributed by atoms with Crippen molar-refractivity contribution in [2.45, 2.75) is 50.4 Å². The maximum absolute atomic E-state index is 12.7. The molecule has 2 aliphatic heterocycles. The third-order valence-corrected chi connectivity index (χ3v) is 6.83. The van der Waals surface area contributed by atoms with E-state index in [4.69, 9.17) is 9.47 Å². The van der Waals surface area contributed by atoms with Crippen LogP contribution < -0.4 is 15.4 Å². The second-order valence-electron chi connectivity index (χ2n) is 10.0. The van der Waals surface area contributed by atoms with Crippen LogP contribution in [0, 0.1) is 17.2 Å². The number of hydrogen-bond acceptors (Lipinski definition) is 8. The van der Waals surface area contributed by atoms with Crippen LogP contribution in [0.5, 0.6) is 5.75 Å². The molecule has 2 heterocycles. The van der Waals surface area contributed by atoms with Gasteiger partial charge in [0, 0.05) is 25.9 Å². The number of carbonyl (C=O) groups excluding carboxylic acids is 2. The van der Waals surface area contributed by atoms with Gasteiger partial charge >= 0.3 is 5.97 Å². The zero-order valence-corrected chi connectivity index (χ0v) is 20.9. The van der Waals surface area contributed by atoms with E-state index in [-0.39, 0.29) is 31.6 Å². The highest BCUT2D eigenvalue weighted by atomic mass is 16.5. The van der Waals surface area contributed by atoms with Gasteiger partial charge in [0.1, 0.15) is 23.5 Å². The van der Waals surface area contributed by atoms with Crippen LogP contribution in [0.3, 0.4) is 0 Å². The van der Waals surface area contributed by atoms with Crippen LogP contribution in [-0.2, 0) is 27.2 Å². The lowest BCUT2D eigenvalue weighted by Crippen LogP contribution is -2.46. The summed E-state index contributed by atoms with van der Waals surface area (Å²) >= 11 is 0. The van der Waals surface area contributed by atoms with Gasteiger partial charge in [0.15, 0.2) is 0 Å². The molecule has 0 aromatic heterocycles. The average Bonchev–Trinajstić information content (AvgIpc) is 3.09. The molecule has 4 atom stereocenters. The summed E-state index contributed by atoms with van der Waals surface area (Å²) in [5.74, 6) is 0.261. The van der Waals surface area contributed by atoms with Crippen LogP contribution in [0.25, 0.3) is 11.1 Å². The Morgan fingerprint density at radius 1 is 1.27 bits per heavy atom. The molecule has 37 heavy (non-hydrogen) atoms. The number of nitrogens with one attached hydrogen (secondary N) is 2. The van der Waals surface area contributed by atoms with Crippen LogP contribution in [0.4, 0.5) is 0 Å². The zero-order chi connectivity index (χ0) is 26.4. The highest BCUT2D eigenvalue weighted by Crippen LogP contribution is 2.31. The monoisotopic (exact) mass is 507 g/mol. The van der Waals surface area contributed by atoms with Gasteiger partial charge in [-0.2, -0.15) is 5.26 Å². The number of β-amino-alcohol motifs (C(OH)–C–C–N with tert-alkyl or cyclic N) is 1. The smallest absolute Gasteiger partial charge is 0.311 e. The van der Waals surface area contributed by atoms with E-state index in [1.54, 1.807) is 0 Å². The van der Waals surface area contributed by atoms with E-state index >= 15 is 0 Å². The molecule has 0 radical (unpaired) electrons. The Morgan fingerprint density at radius 3 is 2.76 bits per heavy atom. The molecule has 1 saturated heterocycles. The van der Waals surface area contributed by atoms with Crippen molar-refractivity contribution in [3.63, 3.8) is 0 Å². The van der Waals surface area contributed by atoms with Crippen molar-refractivity contribution in [2.75, 3.05) is 26.3 Å². The molecule has 2 aliphatic rings. The summed E-state index contributed by atoms with van der Waals surface area (Å²) in [6.07, 6.45) is 1.65. The minimum atomic E-state index is -1.44. The summed E-state index contributed by atoms with van der Waals surface area (Å²) in [7, 11) is 0. The van der Waals surface area contributed by atoms with Crippen LogP contribution in [0.2, 0.25) is 0 Å². The maximum atomic E-state index is 12.7. The Hall–Kier alpha value is -3.29. The summed E-state index contributed by atoms with van der Waals surface area (Å²) in [5.41, 5.74) is 2.48. The molecule has 196 valence electrons. The number of amides is 1. The van der Waals surface area contributed by atoms with E-state index in [0.29, 0.717) is 18.6 Å². The summed E-state index contributed by atoms with van der Waals surface area (Å²) < 4.78 is 11.0. The first-order valence-electron chi connectivity index (χ1n) is 12.6. The molecule has 0 aliphatic carbocycles. The maximum Gasteiger partial charge on any atom is 0.311 e. The van der Waals surface area contributed by atoms with Crippen molar-refractivity contribution in [1.82, 2.24) is 10.6 Å². The van der Waals surface area contributed by atoms with Crippen molar-refractivity contribution in [2.24, 2.45) is 5.92 Å². The number of fused-ring (bicyclic) bond motifs is 1. The third-order valence-electron chi connectivity index (χ3n) is 6.83. The number of nitriles is 1. The van der Waals surface area contributed by atoms with Gasteiger partial charge in [-0.15, -0.1) is 0 Å².